The van der Waals surface area contributed by atoms with Crippen LogP contribution in [-0.4, -0.2) is 42.0 Å². The molecule has 30 heavy (non-hydrogen) atoms. The molecule has 1 aliphatic carbocycles. The number of benzene rings is 1. The van der Waals surface area contributed by atoms with E-state index in [-0.39, 0.29) is 17.3 Å². The van der Waals surface area contributed by atoms with Crippen molar-refractivity contribution in [2.24, 2.45) is 12.0 Å². The van der Waals surface area contributed by atoms with Crippen LogP contribution in [0.15, 0.2) is 35.3 Å². The minimum atomic E-state index is -0.745. The molecular formula is C22H34N6OS. The molecule has 0 amide bonds. The largest absolute Gasteiger partial charge is 0.354 e. The van der Waals surface area contributed by atoms with E-state index >= 15 is 0 Å². The van der Waals surface area contributed by atoms with Crippen molar-refractivity contribution >= 4 is 16.8 Å². The van der Waals surface area contributed by atoms with Crippen molar-refractivity contribution in [3.05, 3.63) is 47.5 Å². The van der Waals surface area contributed by atoms with Crippen LogP contribution in [0.4, 0.5) is 0 Å². The van der Waals surface area contributed by atoms with Gasteiger partial charge in [-0.3, -0.25) is 4.21 Å². The van der Waals surface area contributed by atoms with Gasteiger partial charge in [-0.15, -0.1) is 10.2 Å². The van der Waals surface area contributed by atoms with E-state index in [1.165, 1.54) is 5.56 Å². The van der Waals surface area contributed by atoms with Crippen LogP contribution in [0.1, 0.15) is 62.8 Å². The van der Waals surface area contributed by atoms with E-state index in [0.717, 1.165) is 49.0 Å². The van der Waals surface area contributed by atoms with E-state index < -0.39 is 10.8 Å². The molecule has 1 saturated carbocycles. The summed E-state index contributed by atoms with van der Waals surface area (Å²) in [5, 5.41) is 15.8. The number of guanidine groups is 1. The Kier molecular flexibility index (Phi) is 8.01. The number of rotatable bonds is 7. The molecule has 1 aromatic carbocycles. The lowest BCUT2D eigenvalue weighted by Gasteiger charge is -2.31. The number of nitrogens with one attached hydrogen (secondary N) is 2. The number of aryl methyl sites for hydroxylation is 1. The molecule has 0 spiro atoms. The summed E-state index contributed by atoms with van der Waals surface area (Å²) in [5.41, 5.74) is 1.20. The van der Waals surface area contributed by atoms with Gasteiger partial charge in [0.2, 0.25) is 0 Å². The molecule has 4 atom stereocenters. The predicted octanol–water partition coefficient (Wildman–Crippen LogP) is 3.00. The van der Waals surface area contributed by atoms with Crippen molar-refractivity contribution in [1.29, 1.82) is 0 Å². The Balaban J connectivity index is 1.73. The van der Waals surface area contributed by atoms with Gasteiger partial charge >= 0.3 is 0 Å². The highest BCUT2D eigenvalue weighted by molar-refractivity contribution is 7.85. The zero-order valence-electron chi connectivity index (χ0n) is 18.5. The average Bonchev–Trinajstić information content (AvgIpc) is 3.09. The molecule has 2 aromatic rings. The topological polar surface area (TPSA) is 84.2 Å². The van der Waals surface area contributed by atoms with Gasteiger partial charge < -0.3 is 15.2 Å². The Morgan fingerprint density at radius 3 is 2.73 bits per heavy atom. The van der Waals surface area contributed by atoms with Crippen molar-refractivity contribution in [2.75, 3.05) is 5.75 Å². The summed E-state index contributed by atoms with van der Waals surface area (Å²) in [7, 11) is 1.21. The molecule has 2 N–H and O–H groups in total. The third-order valence-corrected chi connectivity index (χ3v) is 7.58. The van der Waals surface area contributed by atoms with Gasteiger partial charge in [0.1, 0.15) is 12.4 Å². The zero-order valence-corrected chi connectivity index (χ0v) is 19.3. The molecular weight excluding hydrogens is 396 g/mol. The quantitative estimate of drug-likeness (QED) is 0.521. The van der Waals surface area contributed by atoms with Gasteiger partial charge in [-0.05, 0) is 38.7 Å². The minimum absolute atomic E-state index is 0.114. The molecule has 164 valence electrons. The first kappa shape index (κ1) is 22.5. The van der Waals surface area contributed by atoms with Gasteiger partial charge in [0.15, 0.2) is 11.8 Å². The van der Waals surface area contributed by atoms with Gasteiger partial charge in [0.25, 0.3) is 0 Å². The summed E-state index contributed by atoms with van der Waals surface area (Å²) in [5.74, 6) is 3.19. The fraction of sp³-hybridized carbons (Fsp3) is 0.591. The van der Waals surface area contributed by atoms with E-state index in [0.29, 0.717) is 6.54 Å². The van der Waals surface area contributed by atoms with Crippen molar-refractivity contribution in [3.63, 3.8) is 0 Å². The summed E-state index contributed by atoms with van der Waals surface area (Å²) in [6.45, 7) is 6.52. The highest BCUT2D eigenvalue weighted by Gasteiger charge is 2.26. The van der Waals surface area contributed by atoms with Crippen molar-refractivity contribution in [2.45, 2.75) is 70.3 Å². The average molecular weight is 431 g/mol. The third-order valence-electron chi connectivity index (χ3n) is 5.84. The van der Waals surface area contributed by atoms with E-state index in [1.54, 1.807) is 0 Å². The van der Waals surface area contributed by atoms with Gasteiger partial charge in [-0.2, -0.15) is 0 Å². The Labute approximate surface area is 182 Å². The van der Waals surface area contributed by atoms with Crippen LogP contribution in [0.25, 0.3) is 0 Å². The number of aromatic nitrogens is 3. The highest BCUT2D eigenvalue weighted by Crippen LogP contribution is 2.23. The highest BCUT2D eigenvalue weighted by atomic mass is 32.2. The molecule has 0 aliphatic heterocycles. The molecule has 0 bridgehead atoms. The Morgan fingerprint density at radius 2 is 2.07 bits per heavy atom. The van der Waals surface area contributed by atoms with Gasteiger partial charge in [-0.1, -0.05) is 43.7 Å². The van der Waals surface area contributed by atoms with E-state index in [1.807, 2.05) is 43.7 Å². The monoisotopic (exact) mass is 430 g/mol. The molecule has 4 unspecified atom stereocenters. The first-order chi connectivity index (χ1) is 14.5. The molecule has 0 radical (unpaired) electrons. The maximum atomic E-state index is 12.3. The molecule has 8 heteroatoms. The Morgan fingerprint density at radius 1 is 1.30 bits per heavy atom. The first-order valence-corrected chi connectivity index (χ1v) is 12.2. The maximum Gasteiger partial charge on any atom is 0.192 e. The molecule has 1 heterocycles. The lowest BCUT2D eigenvalue weighted by molar-refractivity contribution is 0.411. The van der Waals surface area contributed by atoms with Crippen LogP contribution < -0.4 is 10.6 Å². The maximum absolute atomic E-state index is 12.3. The summed E-state index contributed by atoms with van der Waals surface area (Å²) in [6, 6.07) is 10.7. The molecule has 3 rings (SSSR count). The number of hydrogen-bond acceptors (Lipinski definition) is 4. The fourth-order valence-corrected chi connectivity index (χ4v) is 5.19. The molecule has 7 nitrogen and oxygen atoms in total. The number of nitrogens with zero attached hydrogens (tertiary/aromatic N) is 4. The first-order valence-electron chi connectivity index (χ1n) is 10.8. The second-order valence-corrected chi connectivity index (χ2v) is 9.97. The lowest BCUT2D eigenvalue weighted by atomic mass is 9.95. The lowest BCUT2D eigenvalue weighted by Crippen LogP contribution is -2.47. The molecule has 1 aromatic heterocycles. The van der Waals surface area contributed by atoms with E-state index in [2.05, 4.69) is 39.9 Å². The van der Waals surface area contributed by atoms with Crippen LogP contribution in [0.5, 0.6) is 0 Å². The van der Waals surface area contributed by atoms with Crippen LogP contribution in [-0.2, 0) is 24.4 Å². The smallest absolute Gasteiger partial charge is 0.192 e. The minimum Gasteiger partial charge on any atom is -0.354 e. The van der Waals surface area contributed by atoms with Crippen LogP contribution >= 0.6 is 0 Å². The van der Waals surface area contributed by atoms with Crippen molar-refractivity contribution in [3.8, 4) is 0 Å². The summed E-state index contributed by atoms with van der Waals surface area (Å²) >= 11 is 0. The number of aliphatic imine (C=N–C) groups is 1. The summed E-state index contributed by atoms with van der Waals surface area (Å²) in [4.78, 5) is 4.81. The number of hydrogen-bond donors (Lipinski definition) is 2. The summed E-state index contributed by atoms with van der Waals surface area (Å²) < 4.78 is 14.3. The normalized spacial score (nSPS) is 21.8. The Hall–Kier alpha value is -2.22. The van der Waals surface area contributed by atoms with Crippen LogP contribution in [0.3, 0.4) is 0 Å². The van der Waals surface area contributed by atoms with Gasteiger partial charge in [0, 0.05) is 34.9 Å². The van der Waals surface area contributed by atoms with Gasteiger partial charge in [-0.25, -0.2) is 4.99 Å². The zero-order chi connectivity index (χ0) is 21.5. The second-order valence-electron chi connectivity index (χ2n) is 7.96. The standard InChI is InChI=1S/C22H34N6OS/c1-5-30(29)20-13-9-12-19(14-20)25-22(23-15-21-27-26-17(3)28(21)4)24-16(2)18-10-7-6-8-11-18/h6-8,10-11,16,19-20H,5,9,12-15H2,1-4H3,(H2,23,24,25). The van der Waals surface area contributed by atoms with E-state index in [9.17, 15) is 4.21 Å². The third kappa shape index (κ3) is 5.90. The van der Waals surface area contributed by atoms with Crippen LogP contribution in [0.2, 0.25) is 0 Å². The molecule has 1 fully saturated rings. The molecule has 0 saturated heterocycles. The van der Waals surface area contributed by atoms with Gasteiger partial charge in [0.05, 0.1) is 6.04 Å². The predicted molar refractivity (Wildman–Crippen MR) is 123 cm³/mol. The molecule has 1 aliphatic rings. The van der Waals surface area contributed by atoms with Crippen LogP contribution in [0, 0.1) is 6.92 Å². The fourth-order valence-electron chi connectivity index (χ4n) is 3.85. The van der Waals surface area contributed by atoms with Crippen molar-refractivity contribution in [1.82, 2.24) is 25.4 Å². The summed E-state index contributed by atoms with van der Waals surface area (Å²) in [6.07, 6.45) is 4.14. The van der Waals surface area contributed by atoms with E-state index in [4.69, 9.17) is 4.99 Å². The Bertz CT molecular complexity index is 866. The SMILES string of the molecule is CCS(=O)C1CCCC(NC(=NCc2nnc(C)n2C)NC(C)c2ccccc2)C1. The second kappa shape index (κ2) is 10.7. The van der Waals surface area contributed by atoms with Crippen molar-refractivity contribution < 1.29 is 4.21 Å².